The molecule has 4 rings (SSSR count). The number of nitrogens with zero attached hydrogens (tertiary/aromatic N) is 1. The molecule has 28 heavy (non-hydrogen) atoms. The Morgan fingerprint density at radius 3 is 2.36 bits per heavy atom. The predicted octanol–water partition coefficient (Wildman–Crippen LogP) is 3.30. The number of amides is 1. The molecule has 5 heteroatoms. The van der Waals surface area contributed by atoms with Gasteiger partial charge < -0.3 is 14.8 Å². The number of likely N-dealkylation sites (tertiary alicyclic amines) is 1. The summed E-state index contributed by atoms with van der Waals surface area (Å²) in [5, 5.41) is 3.02. The van der Waals surface area contributed by atoms with E-state index in [2.05, 4.69) is 34.5 Å². The molecule has 1 fully saturated rings. The Labute approximate surface area is 166 Å². The van der Waals surface area contributed by atoms with Crippen LogP contribution in [-0.4, -0.2) is 37.1 Å². The molecule has 148 valence electrons. The molecule has 0 spiro atoms. The minimum absolute atomic E-state index is 0.0658. The van der Waals surface area contributed by atoms with Crippen molar-refractivity contribution in [2.75, 3.05) is 26.3 Å². The van der Waals surface area contributed by atoms with E-state index in [9.17, 15) is 4.79 Å². The molecule has 0 aromatic heterocycles. The number of fused-ring (bicyclic) bond motifs is 1. The largest absolute Gasteiger partial charge is 0.486 e. The molecule has 0 saturated carbocycles. The van der Waals surface area contributed by atoms with Crippen LogP contribution in [0, 0.1) is 0 Å². The van der Waals surface area contributed by atoms with Gasteiger partial charge in [-0.1, -0.05) is 30.3 Å². The van der Waals surface area contributed by atoms with Gasteiger partial charge in [-0.05, 0) is 61.2 Å². The molecule has 0 atom stereocenters. The lowest BCUT2D eigenvalue weighted by Crippen LogP contribution is -2.23. The number of hydrogen-bond donors (Lipinski definition) is 1. The lowest BCUT2D eigenvalue weighted by atomic mass is 10.1. The van der Waals surface area contributed by atoms with Crippen LogP contribution in [0.25, 0.3) is 0 Å². The number of hydrogen-bond acceptors (Lipinski definition) is 4. The van der Waals surface area contributed by atoms with E-state index in [1.807, 2.05) is 18.2 Å². The van der Waals surface area contributed by atoms with Gasteiger partial charge in [0.1, 0.15) is 13.2 Å². The second-order valence-corrected chi connectivity index (χ2v) is 7.55. The summed E-state index contributed by atoms with van der Waals surface area (Å²) < 4.78 is 11.1. The predicted molar refractivity (Wildman–Crippen MR) is 109 cm³/mol. The Hall–Kier alpha value is -2.53. The normalized spacial score (nSPS) is 16.1. The molecule has 2 aromatic carbocycles. The van der Waals surface area contributed by atoms with Crippen LogP contribution in [0.3, 0.4) is 0 Å². The van der Waals surface area contributed by atoms with E-state index < -0.39 is 0 Å². The number of carbonyl (C=O) groups excluding carboxylic acids is 1. The van der Waals surface area contributed by atoms with Gasteiger partial charge in [-0.2, -0.15) is 0 Å². The van der Waals surface area contributed by atoms with E-state index in [0.717, 1.165) is 29.2 Å². The quantitative estimate of drug-likeness (QED) is 0.801. The number of nitrogens with one attached hydrogen (secondary N) is 1. The summed E-state index contributed by atoms with van der Waals surface area (Å²) >= 11 is 0. The van der Waals surface area contributed by atoms with Gasteiger partial charge in [-0.25, -0.2) is 0 Å². The molecule has 1 N–H and O–H groups in total. The molecular formula is C23H28N2O3. The highest BCUT2D eigenvalue weighted by Crippen LogP contribution is 2.31. The fourth-order valence-corrected chi connectivity index (χ4v) is 3.75. The highest BCUT2D eigenvalue weighted by molar-refractivity contribution is 5.76. The lowest BCUT2D eigenvalue weighted by Gasteiger charge is -2.18. The third kappa shape index (κ3) is 5.04. The van der Waals surface area contributed by atoms with Gasteiger partial charge in [0.25, 0.3) is 0 Å². The number of benzene rings is 2. The molecule has 2 aliphatic heterocycles. The maximum atomic E-state index is 12.2. The Morgan fingerprint density at radius 2 is 1.57 bits per heavy atom. The topological polar surface area (TPSA) is 50.8 Å². The summed E-state index contributed by atoms with van der Waals surface area (Å²) in [5.41, 5.74) is 3.57. The Balaban J connectivity index is 1.21. The third-order valence-corrected chi connectivity index (χ3v) is 5.36. The smallest absolute Gasteiger partial charge is 0.220 e. The summed E-state index contributed by atoms with van der Waals surface area (Å²) in [4.78, 5) is 14.7. The minimum atomic E-state index is 0.0658. The van der Waals surface area contributed by atoms with Crippen LogP contribution in [0.1, 0.15) is 36.0 Å². The zero-order chi connectivity index (χ0) is 19.2. The summed E-state index contributed by atoms with van der Waals surface area (Å²) in [7, 11) is 0. The molecule has 0 radical (unpaired) electrons. The van der Waals surface area contributed by atoms with Crippen molar-refractivity contribution < 1.29 is 14.3 Å². The van der Waals surface area contributed by atoms with Crippen LogP contribution < -0.4 is 14.8 Å². The van der Waals surface area contributed by atoms with Gasteiger partial charge in [-0.3, -0.25) is 9.69 Å². The van der Waals surface area contributed by atoms with Gasteiger partial charge >= 0.3 is 0 Å². The molecule has 0 aliphatic carbocycles. The highest BCUT2D eigenvalue weighted by atomic mass is 16.6. The molecule has 5 nitrogen and oxygen atoms in total. The maximum absolute atomic E-state index is 12.2. The summed E-state index contributed by atoms with van der Waals surface area (Å²) in [6.07, 6.45) is 3.79. The number of carbonyl (C=O) groups is 1. The lowest BCUT2D eigenvalue weighted by molar-refractivity contribution is -0.121. The van der Waals surface area contributed by atoms with Crippen LogP contribution in [-0.2, 0) is 24.3 Å². The maximum Gasteiger partial charge on any atom is 0.220 e. The first kappa shape index (κ1) is 18.8. The van der Waals surface area contributed by atoms with Gasteiger partial charge in [0.05, 0.1) is 0 Å². The molecule has 2 aliphatic rings. The van der Waals surface area contributed by atoms with E-state index in [-0.39, 0.29) is 5.91 Å². The van der Waals surface area contributed by atoms with Crippen LogP contribution >= 0.6 is 0 Å². The van der Waals surface area contributed by atoms with Gasteiger partial charge in [0.15, 0.2) is 11.5 Å². The first-order valence-electron chi connectivity index (χ1n) is 10.2. The van der Waals surface area contributed by atoms with Crippen molar-refractivity contribution in [3.63, 3.8) is 0 Å². The second kappa shape index (κ2) is 9.11. The molecule has 2 aromatic rings. The van der Waals surface area contributed by atoms with Gasteiger partial charge in [-0.15, -0.1) is 0 Å². The Bertz CT molecular complexity index is 798. The van der Waals surface area contributed by atoms with E-state index in [4.69, 9.17) is 9.47 Å². The first-order chi connectivity index (χ1) is 13.8. The summed E-state index contributed by atoms with van der Waals surface area (Å²) in [6, 6.07) is 14.5. The second-order valence-electron chi connectivity index (χ2n) is 7.55. The van der Waals surface area contributed by atoms with Crippen molar-refractivity contribution in [2.24, 2.45) is 0 Å². The van der Waals surface area contributed by atoms with E-state index in [1.54, 1.807) is 0 Å². The van der Waals surface area contributed by atoms with Crippen molar-refractivity contribution in [3.8, 4) is 11.5 Å². The molecule has 0 unspecified atom stereocenters. The SMILES string of the molecule is O=C(CCc1ccc2c(c1)OCCO2)NCc1ccc(CN2CCCC2)cc1. The Kier molecular flexibility index (Phi) is 6.12. The number of ether oxygens (including phenoxy) is 2. The van der Waals surface area contributed by atoms with Gasteiger partial charge in [0.2, 0.25) is 5.91 Å². The highest BCUT2D eigenvalue weighted by Gasteiger charge is 2.13. The monoisotopic (exact) mass is 380 g/mol. The van der Waals surface area contributed by atoms with Crippen molar-refractivity contribution in [2.45, 2.75) is 38.8 Å². The zero-order valence-electron chi connectivity index (χ0n) is 16.3. The summed E-state index contributed by atoms with van der Waals surface area (Å²) in [6.45, 7) is 5.19. The van der Waals surface area contributed by atoms with Crippen molar-refractivity contribution in [1.82, 2.24) is 10.2 Å². The fourth-order valence-electron chi connectivity index (χ4n) is 3.75. The molecule has 2 heterocycles. The molecule has 1 amide bonds. The van der Waals surface area contributed by atoms with Crippen molar-refractivity contribution in [1.29, 1.82) is 0 Å². The fraction of sp³-hybridized carbons (Fsp3) is 0.435. The molecular weight excluding hydrogens is 352 g/mol. The summed E-state index contributed by atoms with van der Waals surface area (Å²) in [5.74, 6) is 1.63. The van der Waals surface area contributed by atoms with Crippen molar-refractivity contribution in [3.05, 3.63) is 59.2 Å². The average Bonchev–Trinajstić information content (AvgIpc) is 3.24. The molecule has 0 bridgehead atoms. The number of aryl methyl sites for hydroxylation is 1. The zero-order valence-corrected chi connectivity index (χ0v) is 16.3. The van der Waals surface area contributed by atoms with Crippen molar-refractivity contribution >= 4 is 5.91 Å². The van der Waals surface area contributed by atoms with E-state index in [1.165, 1.54) is 31.5 Å². The van der Waals surface area contributed by atoms with E-state index >= 15 is 0 Å². The van der Waals surface area contributed by atoms with E-state index in [0.29, 0.717) is 32.6 Å². The Morgan fingerprint density at radius 1 is 0.893 bits per heavy atom. The molecule has 1 saturated heterocycles. The average molecular weight is 380 g/mol. The van der Waals surface area contributed by atoms with Crippen LogP contribution in [0.5, 0.6) is 11.5 Å². The van der Waals surface area contributed by atoms with Gasteiger partial charge in [0, 0.05) is 19.5 Å². The first-order valence-corrected chi connectivity index (χ1v) is 10.2. The minimum Gasteiger partial charge on any atom is -0.486 e. The number of rotatable bonds is 7. The van der Waals surface area contributed by atoms with Crippen LogP contribution in [0.4, 0.5) is 0 Å². The standard InChI is InChI=1S/C23H28N2O3/c26-23(10-8-18-7-9-21-22(15-18)28-14-13-27-21)24-16-19-3-5-20(6-4-19)17-25-11-1-2-12-25/h3-7,9,15H,1-2,8,10-14,16-17H2,(H,24,26). The van der Waals surface area contributed by atoms with Crippen LogP contribution in [0.15, 0.2) is 42.5 Å². The van der Waals surface area contributed by atoms with Crippen LogP contribution in [0.2, 0.25) is 0 Å². The third-order valence-electron chi connectivity index (χ3n) is 5.36.